The van der Waals surface area contributed by atoms with E-state index in [1.54, 1.807) is 0 Å². The summed E-state index contributed by atoms with van der Waals surface area (Å²) < 4.78 is 0. The molecule has 0 aliphatic carbocycles. The van der Waals surface area contributed by atoms with Crippen LogP contribution in [0.3, 0.4) is 0 Å². The number of hydrogen-bond donors (Lipinski definition) is 1. The third-order valence-corrected chi connectivity index (χ3v) is 4.58. The number of carbonyl (C=O) groups is 1. The molecule has 1 aromatic rings. The molecule has 5 heteroatoms. The van der Waals surface area contributed by atoms with Gasteiger partial charge in [0.25, 0.3) is 0 Å². The first-order valence-electron chi connectivity index (χ1n) is 6.52. The van der Waals surface area contributed by atoms with Crippen LogP contribution in [0.25, 0.3) is 5.32 Å². The molecule has 1 N–H and O–H groups in total. The van der Waals surface area contributed by atoms with Crippen LogP contribution in [-0.2, 0) is 32.7 Å². The van der Waals surface area contributed by atoms with Crippen molar-refractivity contribution in [2.24, 2.45) is 4.99 Å². The Labute approximate surface area is 143 Å². The minimum atomic E-state index is -1.49. The standard InChI is InChI=1S/C15H18N2O2.Y/c1-7-8(2)10(4)12-11(9(7)3)13(18)15(19)5-6-16-14(15)17-12;/h19H,5-6H2,1-4H3,(H,16,17,18);/p-1. The second kappa shape index (κ2) is 5.01. The van der Waals surface area contributed by atoms with Crippen molar-refractivity contribution >= 4 is 17.3 Å². The van der Waals surface area contributed by atoms with E-state index in [0.717, 1.165) is 22.3 Å². The van der Waals surface area contributed by atoms with Crippen molar-refractivity contribution in [2.75, 3.05) is 6.54 Å². The number of aliphatic hydroxyl groups is 1. The fourth-order valence-corrected chi connectivity index (χ4v) is 2.93. The fourth-order valence-electron chi connectivity index (χ4n) is 2.93. The molecule has 1 fully saturated rings. The number of carbonyl (C=O) groups excluding carboxylic acids is 1. The molecule has 1 saturated heterocycles. The number of rotatable bonds is 0. The molecule has 1 radical (unpaired) electrons. The minimum Gasteiger partial charge on any atom is -0.466 e. The normalized spacial score (nSPS) is 23.4. The van der Waals surface area contributed by atoms with E-state index in [0.29, 0.717) is 24.2 Å². The first-order valence-corrected chi connectivity index (χ1v) is 6.52. The van der Waals surface area contributed by atoms with Gasteiger partial charge in [-0.15, -0.1) is 0 Å². The molecular formula is C15H17N2O2Y-. The first kappa shape index (κ1) is 15.8. The van der Waals surface area contributed by atoms with E-state index in [1.807, 2.05) is 27.7 Å². The average molecular weight is 346 g/mol. The SMILES string of the molecule is Cc1c(C)c(C)c2c(c1C)N=C1[N-]CCC1(O)C2=O.[Y]. The Kier molecular flexibility index (Phi) is 3.96. The van der Waals surface area contributed by atoms with Crippen LogP contribution in [0.1, 0.15) is 39.0 Å². The summed E-state index contributed by atoms with van der Waals surface area (Å²) >= 11 is 0. The summed E-state index contributed by atoms with van der Waals surface area (Å²) in [6, 6.07) is 0. The Morgan fingerprint density at radius 1 is 1.10 bits per heavy atom. The van der Waals surface area contributed by atoms with Crippen LogP contribution in [0.15, 0.2) is 4.99 Å². The zero-order valence-electron chi connectivity index (χ0n) is 12.2. The van der Waals surface area contributed by atoms with Crippen LogP contribution in [0, 0.1) is 27.7 Å². The van der Waals surface area contributed by atoms with Crippen LogP contribution in [0.5, 0.6) is 0 Å². The number of aliphatic imine (C=N–C) groups is 1. The van der Waals surface area contributed by atoms with Crippen LogP contribution in [0.2, 0.25) is 0 Å². The Morgan fingerprint density at radius 3 is 2.35 bits per heavy atom. The van der Waals surface area contributed by atoms with Gasteiger partial charge in [0, 0.05) is 38.3 Å². The van der Waals surface area contributed by atoms with Gasteiger partial charge in [-0.2, -0.15) is 0 Å². The van der Waals surface area contributed by atoms with Crippen molar-refractivity contribution in [1.29, 1.82) is 0 Å². The number of amidine groups is 1. The molecular weight excluding hydrogens is 329 g/mol. The maximum absolute atomic E-state index is 12.7. The summed E-state index contributed by atoms with van der Waals surface area (Å²) in [4.78, 5) is 17.1. The van der Waals surface area contributed by atoms with Gasteiger partial charge < -0.3 is 15.4 Å². The maximum atomic E-state index is 12.7. The molecule has 0 aromatic heterocycles. The topological polar surface area (TPSA) is 63.8 Å². The van der Waals surface area contributed by atoms with Gasteiger partial charge in [-0.05, 0) is 74.4 Å². The van der Waals surface area contributed by atoms with E-state index in [9.17, 15) is 9.90 Å². The Morgan fingerprint density at radius 2 is 1.70 bits per heavy atom. The van der Waals surface area contributed by atoms with Crippen LogP contribution >= 0.6 is 0 Å². The van der Waals surface area contributed by atoms with Gasteiger partial charge in [0.05, 0.1) is 0 Å². The molecule has 0 amide bonds. The second-order valence-corrected chi connectivity index (χ2v) is 5.48. The van der Waals surface area contributed by atoms with Crippen molar-refractivity contribution in [3.8, 4) is 0 Å². The molecule has 20 heavy (non-hydrogen) atoms. The largest absolute Gasteiger partial charge is 0.466 e. The van der Waals surface area contributed by atoms with Crippen LogP contribution in [-0.4, -0.2) is 28.9 Å². The second-order valence-electron chi connectivity index (χ2n) is 5.48. The van der Waals surface area contributed by atoms with Gasteiger partial charge in [0.15, 0.2) is 5.78 Å². The number of fused-ring (bicyclic) bond motifs is 2. The first-order chi connectivity index (χ1) is 8.88. The third-order valence-electron chi connectivity index (χ3n) is 4.58. The smallest absolute Gasteiger partial charge is 0.198 e. The number of ketones is 1. The number of hydrogen-bond acceptors (Lipinski definition) is 3. The van der Waals surface area contributed by atoms with E-state index >= 15 is 0 Å². The molecule has 4 nitrogen and oxygen atoms in total. The van der Waals surface area contributed by atoms with E-state index < -0.39 is 5.60 Å². The van der Waals surface area contributed by atoms with Gasteiger partial charge in [-0.3, -0.25) is 4.79 Å². The molecule has 1 unspecified atom stereocenters. The van der Waals surface area contributed by atoms with Crippen molar-refractivity contribution < 1.29 is 42.6 Å². The van der Waals surface area contributed by atoms with Gasteiger partial charge >= 0.3 is 0 Å². The van der Waals surface area contributed by atoms with Gasteiger partial charge in [-0.25, -0.2) is 0 Å². The summed E-state index contributed by atoms with van der Waals surface area (Å²) in [5.74, 6) is 0.0493. The quantitative estimate of drug-likeness (QED) is 0.785. The van der Waals surface area contributed by atoms with Gasteiger partial charge in [-0.1, -0.05) is 0 Å². The molecule has 0 saturated carbocycles. The molecule has 1 atom stereocenters. The number of Topliss-reactive ketones (excluding diaryl/α,β-unsaturated/α-hetero) is 1. The van der Waals surface area contributed by atoms with Crippen molar-refractivity contribution in [2.45, 2.75) is 39.7 Å². The van der Waals surface area contributed by atoms with Crippen LogP contribution < -0.4 is 0 Å². The Bertz CT molecular complexity index is 652. The molecule has 103 valence electrons. The molecule has 3 rings (SSSR count). The summed E-state index contributed by atoms with van der Waals surface area (Å²) in [5, 5.41) is 14.7. The van der Waals surface area contributed by atoms with E-state index in [1.165, 1.54) is 0 Å². The van der Waals surface area contributed by atoms with Gasteiger partial charge in [0.2, 0.25) is 0 Å². The van der Waals surface area contributed by atoms with E-state index in [2.05, 4.69) is 10.3 Å². The van der Waals surface area contributed by atoms with Crippen molar-refractivity contribution in [3.05, 3.63) is 33.1 Å². The molecule has 2 aliphatic rings. The van der Waals surface area contributed by atoms with E-state index in [-0.39, 0.29) is 44.3 Å². The zero-order chi connectivity index (χ0) is 13.9. The summed E-state index contributed by atoms with van der Waals surface area (Å²) in [6.07, 6.45) is 0.343. The molecule has 1 aromatic carbocycles. The molecule has 2 aliphatic heterocycles. The molecule has 0 spiro atoms. The number of nitrogens with zero attached hydrogens (tertiary/aromatic N) is 2. The predicted octanol–water partition coefficient (Wildman–Crippen LogP) is 2.65. The zero-order valence-corrected chi connectivity index (χ0v) is 15.1. The summed E-state index contributed by atoms with van der Waals surface area (Å²) in [6.45, 7) is 8.40. The van der Waals surface area contributed by atoms with Crippen LogP contribution in [0.4, 0.5) is 5.69 Å². The predicted molar refractivity (Wildman–Crippen MR) is 74.6 cm³/mol. The molecule has 2 heterocycles. The number of benzene rings is 1. The monoisotopic (exact) mass is 346 g/mol. The summed E-state index contributed by atoms with van der Waals surface area (Å²) in [5.41, 5.74) is 3.94. The third kappa shape index (κ3) is 1.85. The molecule has 0 bridgehead atoms. The Hall–Kier alpha value is -0.576. The van der Waals surface area contributed by atoms with E-state index in [4.69, 9.17) is 0 Å². The summed E-state index contributed by atoms with van der Waals surface area (Å²) in [7, 11) is 0. The average Bonchev–Trinajstić information content (AvgIpc) is 2.76. The Balaban J connectivity index is 0.00000147. The van der Waals surface area contributed by atoms with Gasteiger partial charge in [0.1, 0.15) is 5.60 Å². The van der Waals surface area contributed by atoms with Crippen molar-refractivity contribution in [1.82, 2.24) is 0 Å². The fraction of sp³-hybridized carbons (Fsp3) is 0.467. The minimum absolute atomic E-state index is 0. The van der Waals surface area contributed by atoms with Crippen molar-refractivity contribution in [3.63, 3.8) is 0 Å². The maximum Gasteiger partial charge on any atom is 0.198 e.